The fraction of sp³-hybridized carbons (Fsp3) is 0.455. The zero-order valence-electron chi connectivity index (χ0n) is 17.8. The van der Waals surface area contributed by atoms with E-state index in [9.17, 15) is 19.2 Å². The molecule has 1 aliphatic rings. The third-order valence-electron chi connectivity index (χ3n) is 4.99. The number of hydrogen-bond acceptors (Lipinski definition) is 5. The van der Waals surface area contributed by atoms with E-state index in [2.05, 4.69) is 17.2 Å². The van der Waals surface area contributed by atoms with Crippen molar-refractivity contribution in [2.45, 2.75) is 32.4 Å². The Kier molecular flexibility index (Phi) is 9.54. The molecule has 1 aliphatic heterocycles. The Morgan fingerprint density at radius 2 is 1.74 bits per heavy atom. The minimum absolute atomic E-state index is 0.0239. The Morgan fingerprint density at radius 1 is 1.10 bits per heavy atom. The third kappa shape index (κ3) is 8.12. The van der Waals surface area contributed by atoms with Gasteiger partial charge in [0.2, 0.25) is 17.7 Å². The van der Waals surface area contributed by atoms with Gasteiger partial charge in [0.1, 0.15) is 12.6 Å². The van der Waals surface area contributed by atoms with Gasteiger partial charge in [-0.25, -0.2) is 4.79 Å². The van der Waals surface area contributed by atoms with Crippen LogP contribution in [0.25, 0.3) is 0 Å². The number of carbonyl (C=O) groups is 4. The summed E-state index contributed by atoms with van der Waals surface area (Å²) in [6.45, 7) is 7.08. The molecular weight excluding hydrogens is 400 g/mol. The Bertz CT molecular complexity index is 775. The standard InChI is InChI=1S/C22H30N4O5/c1-3-20(28)23-11-7-10-19(21(29)26-14-12-25(13-15-26)17(2)27)24-22(30)31-16-18-8-5-4-6-9-18/h3-6,8-9,19H,1,7,10-16H2,2H3,(H,23,28)(H,24,30)/t19-/m0/s1. The summed E-state index contributed by atoms with van der Waals surface area (Å²) in [5.74, 6) is -0.544. The molecule has 1 aromatic carbocycles. The van der Waals surface area contributed by atoms with E-state index >= 15 is 0 Å². The molecule has 1 saturated heterocycles. The first kappa shape index (κ1) is 23.9. The number of nitrogens with zero attached hydrogens (tertiary/aromatic N) is 2. The number of ether oxygens (including phenoxy) is 1. The first-order valence-corrected chi connectivity index (χ1v) is 10.3. The van der Waals surface area contributed by atoms with Crippen LogP contribution in [-0.2, 0) is 25.7 Å². The van der Waals surface area contributed by atoms with Gasteiger partial charge >= 0.3 is 6.09 Å². The largest absolute Gasteiger partial charge is 0.445 e. The summed E-state index contributed by atoms with van der Waals surface area (Å²) in [5.41, 5.74) is 0.841. The zero-order valence-corrected chi connectivity index (χ0v) is 17.8. The molecule has 1 aromatic rings. The van der Waals surface area contributed by atoms with Crippen molar-refractivity contribution in [2.24, 2.45) is 0 Å². The SMILES string of the molecule is C=CC(=O)NCCC[C@H](NC(=O)OCc1ccccc1)C(=O)N1CCN(C(C)=O)CC1. The minimum Gasteiger partial charge on any atom is -0.445 e. The molecule has 0 spiro atoms. The van der Waals surface area contributed by atoms with Crippen molar-refractivity contribution >= 4 is 23.8 Å². The lowest BCUT2D eigenvalue weighted by atomic mass is 10.1. The molecule has 0 aliphatic carbocycles. The fourth-order valence-corrected chi connectivity index (χ4v) is 3.22. The quantitative estimate of drug-likeness (QED) is 0.450. The van der Waals surface area contributed by atoms with Crippen molar-refractivity contribution < 1.29 is 23.9 Å². The molecule has 0 bridgehead atoms. The third-order valence-corrected chi connectivity index (χ3v) is 4.99. The normalized spacial score (nSPS) is 14.4. The van der Waals surface area contributed by atoms with E-state index in [1.165, 1.54) is 13.0 Å². The summed E-state index contributed by atoms with van der Waals surface area (Å²) >= 11 is 0. The van der Waals surface area contributed by atoms with Crippen LogP contribution in [0.5, 0.6) is 0 Å². The average molecular weight is 431 g/mol. The summed E-state index contributed by atoms with van der Waals surface area (Å²) in [4.78, 5) is 51.4. The van der Waals surface area contributed by atoms with Gasteiger partial charge in [-0.1, -0.05) is 36.9 Å². The van der Waals surface area contributed by atoms with E-state index < -0.39 is 12.1 Å². The highest BCUT2D eigenvalue weighted by molar-refractivity contribution is 5.87. The van der Waals surface area contributed by atoms with Gasteiger partial charge in [-0.2, -0.15) is 0 Å². The molecule has 1 atom stereocenters. The Balaban J connectivity index is 1.92. The monoisotopic (exact) mass is 430 g/mol. The van der Waals surface area contributed by atoms with Crippen LogP contribution < -0.4 is 10.6 Å². The van der Waals surface area contributed by atoms with Gasteiger partial charge in [-0.15, -0.1) is 0 Å². The van der Waals surface area contributed by atoms with Crippen LogP contribution in [0, 0.1) is 0 Å². The molecule has 0 aromatic heterocycles. The fourth-order valence-electron chi connectivity index (χ4n) is 3.22. The summed E-state index contributed by atoms with van der Waals surface area (Å²) in [7, 11) is 0. The summed E-state index contributed by atoms with van der Waals surface area (Å²) in [6.07, 6.45) is 1.32. The number of rotatable bonds is 9. The molecule has 31 heavy (non-hydrogen) atoms. The zero-order chi connectivity index (χ0) is 22.6. The molecule has 9 nitrogen and oxygen atoms in total. The van der Waals surface area contributed by atoms with Gasteiger partial charge in [0.15, 0.2) is 0 Å². The number of hydrogen-bond donors (Lipinski definition) is 2. The predicted molar refractivity (Wildman–Crippen MR) is 115 cm³/mol. The Hall–Kier alpha value is -3.36. The second-order valence-corrected chi connectivity index (χ2v) is 7.23. The maximum atomic E-state index is 13.0. The smallest absolute Gasteiger partial charge is 0.408 e. The topological polar surface area (TPSA) is 108 Å². The van der Waals surface area contributed by atoms with Gasteiger partial charge in [0.25, 0.3) is 0 Å². The number of benzene rings is 1. The van der Waals surface area contributed by atoms with Crippen molar-refractivity contribution in [1.29, 1.82) is 0 Å². The van der Waals surface area contributed by atoms with E-state index in [4.69, 9.17) is 4.74 Å². The van der Waals surface area contributed by atoms with E-state index in [1.54, 1.807) is 9.80 Å². The minimum atomic E-state index is -0.784. The van der Waals surface area contributed by atoms with Gasteiger partial charge in [-0.3, -0.25) is 14.4 Å². The first-order valence-electron chi connectivity index (χ1n) is 10.3. The van der Waals surface area contributed by atoms with Crippen molar-refractivity contribution in [1.82, 2.24) is 20.4 Å². The van der Waals surface area contributed by atoms with E-state index in [1.807, 2.05) is 30.3 Å². The lowest BCUT2D eigenvalue weighted by Gasteiger charge is -2.36. The molecule has 1 heterocycles. The Morgan fingerprint density at radius 3 is 2.35 bits per heavy atom. The van der Waals surface area contributed by atoms with Crippen molar-refractivity contribution in [2.75, 3.05) is 32.7 Å². The average Bonchev–Trinajstić information content (AvgIpc) is 2.79. The lowest BCUT2D eigenvalue weighted by Crippen LogP contribution is -2.55. The van der Waals surface area contributed by atoms with Crippen LogP contribution >= 0.6 is 0 Å². The molecule has 168 valence electrons. The molecule has 0 unspecified atom stereocenters. The van der Waals surface area contributed by atoms with Gasteiger partial charge in [0, 0.05) is 39.6 Å². The molecule has 9 heteroatoms. The highest BCUT2D eigenvalue weighted by Crippen LogP contribution is 2.09. The highest BCUT2D eigenvalue weighted by atomic mass is 16.5. The lowest BCUT2D eigenvalue weighted by molar-refractivity contribution is -0.139. The van der Waals surface area contributed by atoms with Crippen molar-refractivity contribution in [3.63, 3.8) is 0 Å². The van der Waals surface area contributed by atoms with Crippen LogP contribution in [0.3, 0.4) is 0 Å². The van der Waals surface area contributed by atoms with Gasteiger partial charge in [-0.05, 0) is 24.5 Å². The molecule has 1 fully saturated rings. The highest BCUT2D eigenvalue weighted by Gasteiger charge is 2.29. The second kappa shape index (κ2) is 12.4. The van der Waals surface area contributed by atoms with E-state index in [0.29, 0.717) is 45.6 Å². The number of amides is 4. The summed E-state index contributed by atoms with van der Waals surface area (Å²) < 4.78 is 5.25. The maximum Gasteiger partial charge on any atom is 0.408 e. The van der Waals surface area contributed by atoms with Crippen LogP contribution in [0.15, 0.2) is 43.0 Å². The predicted octanol–water partition coefficient (Wildman–Crippen LogP) is 1.05. The van der Waals surface area contributed by atoms with Crippen LogP contribution in [0.2, 0.25) is 0 Å². The van der Waals surface area contributed by atoms with Gasteiger partial charge in [0.05, 0.1) is 0 Å². The molecule has 4 amide bonds. The number of piperazine rings is 1. The molecular formula is C22H30N4O5. The molecule has 2 rings (SSSR count). The van der Waals surface area contributed by atoms with E-state index in [-0.39, 0.29) is 24.3 Å². The van der Waals surface area contributed by atoms with Crippen molar-refractivity contribution in [3.05, 3.63) is 48.6 Å². The van der Waals surface area contributed by atoms with Crippen LogP contribution in [0.1, 0.15) is 25.3 Å². The Labute approximate surface area is 182 Å². The van der Waals surface area contributed by atoms with Crippen LogP contribution in [0.4, 0.5) is 4.79 Å². The number of alkyl carbamates (subject to hydrolysis) is 1. The molecule has 2 N–H and O–H groups in total. The second-order valence-electron chi connectivity index (χ2n) is 7.23. The van der Waals surface area contributed by atoms with Crippen LogP contribution in [-0.4, -0.2) is 72.4 Å². The molecule has 0 radical (unpaired) electrons. The first-order chi connectivity index (χ1) is 14.9. The summed E-state index contributed by atoms with van der Waals surface area (Å²) in [5, 5.41) is 5.31. The maximum absolute atomic E-state index is 13.0. The number of nitrogens with one attached hydrogen (secondary N) is 2. The number of carbonyl (C=O) groups excluding carboxylic acids is 4. The summed E-state index contributed by atoms with van der Waals surface area (Å²) in [6, 6.07) is 8.46. The van der Waals surface area contributed by atoms with Gasteiger partial charge < -0.3 is 25.2 Å². The van der Waals surface area contributed by atoms with Crippen molar-refractivity contribution in [3.8, 4) is 0 Å². The van der Waals surface area contributed by atoms with E-state index in [0.717, 1.165) is 5.56 Å². The molecule has 0 saturated carbocycles.